The maximum Gasteiger partial charge on any atom is 0.261 e. The Bertz CT molecular complexity index is 811. The van der Waals surface area contributed by atoms with E-state index in [1.54, 1.807) is 6.07 Å². The number of benzene rings is 1. The molecule has 1 aliphatic rings. The number of fused-ring (bicyclic) bond motifs is 1. The van der Waals surface area contributed by atoms with E-state index in [2.05, 4.69) is 11.9 Å². The smallest absolute Gasteiger partial charge is 0.261 e. The van der Waals surface area contributed by atoms with Crippen molar-refractivity contribution in [3.8, 4) is 0 Å². The summed E-state index contributed by atoms with van der Waals surface area (Å²) in [5, 5.41) is 1.02. The number of carbonyl (C=O) groups is 1. The predicted octanol–water partition coefficient (Wildman–Crippen LogP) is 2.96. The lowest BCUT2D eigenvalue weighted by molar-refractivity contribution is -0.133. The normalized spacial score (nSPS) is 16.0. The van der Waals surface area contributed by atoms with E-state index in [0.29, 0.717) is 26.9 Å². The maximum absolute atomic E-state index is 12.5. The fourth-order valence-electron chi connectivity index (χ4n) is 2.81. The van der Waals surface area contributed by atoms with E-state index in [1.807, 2.05) is 4.90 Å². The summed E-state index contributed by atoms with van der Waals surface area (Å²) in [5.74, 6) is 0.585. The number of amides is 1. The van der Waals surface area contributed by atoms with Crippen molar-refractivity contribution in [2.45, 2.75) is 26.3 Å². The van der Waals surface area contributed by atoms with Crippen molar-refractivity contribution in [2.75, 3.05) is 13.1 Å². The lowest BCUT2D eigenvalue weighted by Crippen LogP contribution is -2.41. The topological polar surface area (TPSA) is 55.2 Å². The molecule has 1 amide bonds. The number of hydrogen-bond acceptors (Lipinski definition) is 3. The molecule has 23 heavy (non-hydrogen) atoms. The summed E-state index contributed by atoms with van der Waals surface area (Å²) >= 11 is 12.0. The molecule has 1 aromatic heterocycles. The van der Waals surface area contributed by atoms with E-state index in [-0.39, 0.29) is 18.0 Å². The number of likely N-dealkylation sites (tertiary alicyclic amines) is 1. The number of halogens is 2. The lowest BCUT2D eigenvalue weighted by Gasteiger charge is -2.30. The van der Waals surface area contributed by atoms with Crippen LogP contribution in [0.2, 0.25) is 10.0 Å². The molecular weight excluding hydrogens is 337 g/mol. The first-order valence-electron chi connectivity index (χ1n) is 7.57. The Kier molecular flexibility index (Phi) is 4.60. The highest BCUT2D eigenvalue weighted by Gasteiger charge is 2.21. The number of aromatic nitrogens is 2. The molecule has 3 rings (SSSR count). The molecule has 122 valence electrons. The van der Waals surface area contributed by atoms with Gasteiger partial charge in [-0.1, -0.05) is 30.1 Å². The number of carbonyl (C=O) groups excluding carboxylic acids is 1. The van der Waals surface area contributed by atoms with E-state index in [0.717, 1.165) is 25.9 Å². The van der Waals surface area contributed by atoms with E-state index < -0.39 is 0 Å². The van der Waals surface area contributed by atoms with Gasteiger partial charge in [-0.3, -0.25) is 14.2 Å². The summed E-state index contributed by atoms with van der Waals surface area (Å²) in [6, 6.07) is 3.07. The van der Waals surface area contributed by atoms with Gasteiger partial charge in [-0.2, -0.15) is 0 Å². The first-order chi connectivity index (χ1) is 11.0. The average molecular weight is 354 g/mol. The zero-order chi connectivity index (χ0) is 16.6. The van der Waals surface area contributed by atoms with Crippen LogP contribution in [-0.4, -0.2) is 33.4 Å². The molecule has 2 heterocycles. The number of nitrogens with zero attached hydrogens (tertiary/aromatic N) is 3. The van der Waals surface area contributed by atoms with Crippen molar-refractivity contribution >= 4 is 40.0 Å². The quantitative estimate of drug-likeness (QED) is 0.833. The van der Waals surface area contributed by atoms with Gasteiger partial charge in [0, 0.05) is 18.1 Å². The minimum absolute atomic E-state index is 0.0136. The van der Waals surface area contributed by atoms with Crippen molar-refractivity contribution in [3.05, 3.63) is 38.9 Å². The van der Waals surface area contributed by atoms with E-state index >= 15 is 0 Å². The minimum Gasteiger partial charge on any atom is -0.341 e. The summed E-state index contributed by atoms with van der Waals surface area (Å²) in [5.41, 5.74) is 0.0923. The van der Waals surface area contributed by atoms with Crippen LogP contribution in [0.4, 0.5) is 0 Å². The zero-order valence-electron chi connectivity index (χ0n) is 12.8. The molecule has 2 aromatic rings. The summed E-state index contributed by atoms with van der Waals surface area (Å²) in [6.07, 6.45) is 3.37. The fraction of sp³-hybridized carbons (Fsp3) is 0.438. The predicted molar refractivity (Wildman–Crippen MR) is 91.0 cm³/mol. The van der Waals surface area contributed by atoms with Gasteiger partial charge in [0.05, 0.1) is 22.3 Å². The minimum atomic E-state index is -0.307. The summed E-state index contributed by atoms with van der Waals surface area (Å²) in [6.45, 7) is 3.66. The van der Waals surface area contributed by atoms with Crippen LogP contribution in [0, 0.1) is 5.92 Å². The van der Waals surface area contributed by atoms with Crippen LogP contribution in [0.1, 0.15) is 19.8 Å². The Morgan fingerprint density at radius 2 is 2.00 bits per heavy atom. The molecule has 7 heteroatoms. The molecule has 0 radical (unpaired) electrons. The monoisotopic (exact) mass is 353 g/mol. The molecule has 0 aliphatic carbocycles. The molecular formula is C16H17Cl2N3O2. The average Bonchev–Trinajstić information content (AvgIpc) is 2.51. The van der Waals surface area contributed by atoms with Crippen LogP contribution in [0.3, 0.4) is 0 Å². The van der Waals surface area contributed by atoms with Crippen molar-refractivity contribution in [3.63, 3.8) is 0 Å². The Morgan fingerprint density at radius 1 is 1.30 bits per heavy atom. The van der Waals surface area contributed by atoms with Gasteiger partial charge in [-0.05, 0) is 30.9 Å². The number of rotatable bonds is 2. The van der Waals surface area contributed by atoms with Gasteiger partial charge in [0.1, 0.15) is 6.54 Å². The van der Waals surface area contributed by atoms with Crippen LogP contribution in [-0.2, 0) is 11.3 Å². The molecule has 0 saturated carbocycles. The molecule has 0 N–H and O–H groups in total. The highest BCUT2D eigenvalue weighted by atomic mass is 35.5. The van der Waals surface area contributed by atoms with Gasteiger partial charge in [0.15, 0.2) is 0 Å². The first-order valence-corrected chi connectivity index (χ1v) is 8.33. The van der Waals surface area contributed by atoms with Crippen LogP contribution >= 0.6 is 23.2 Å². The second kappa shape index (κ2) is 6.49. The Hall–Kier alpha value is -1.59. The van der Waals surface area contributed by atoms with Gasteiger partial charge in [0.25, 0.3) is 5.56 Å². The van der Waals surface area contributed by atoms with Gasteiger partial charge < -0.3 is 4.90 Å². The van der Waals surface area contributed by atoms with E-state index in [4.69, 9.17) is 23.2 Å². The Morgan fingerprint density at radius 3 is 2.70 bits per heavy atom. The molecule has 1 saturated heterocycles. The van der Waals surface area contributed by atoms with E-state index in [9.17, 15) is 9.59 Å². The highest BCUT2D eigenvalue weighted by molar-refractivity contribution is 6.38. The van der Waals surface area contributed by atoms with Gasteiger partial charge in [-0.25, -0.2) is 4.98 Å². The summed E-state index contributed by atoms with van der Waals surface area (Å²) in [7, 11) is 0. The fourth-order valence-corrected chi connectivity index (χ4v) is 3.35. The molecule has 1 aromatic carbocycles. The third kappa shape index (κ3) is 3.35. The second-order valence-corrected chi connectivity index (χ2v) is 6.87. The zero-order valence-corrected chi connectivity index (χ0v) is 14.3. The molecule has 0 unspecified atom stereocenters. The molecule has 1 fully saturated rings. The largest absolute Gasteiger partial charge is 0.341 e. The van der Waals surface area contributed by atoms with Crippen molar-refractivity contribution in [2.24, 2.45) is 5.92 Å². The Labute approximate surface area is 143 Å². The maximum atomic E-state index is 12.5. The highest BCUT2D eigenvalue weighted by Crippen LogP contribution is 2.24. The molecule has 1 aliphatic heterocycles. The Balaban J connectivity index is 1.87. The number of hydrogen-bond donors (Lipinski definition) is 0. The van der Waals surface area contributed by atoms with Gasteiger partial charge in [0.2, 0.25) is 5.91 Å². The molecule has 0 atom stereocenters. The molecule has 5 nitrogen and oxygen atoms in total. The van der Waals surface area contributed by atoms with Crippen molar-refractivity contribution in [1.82, 2.24) is 14.5 Å². The molecule has 0 bridgehead atoms. The summed E-state index contributed by atoms with van der Waals surface area (Å²) < 4.78 is 1.31. The summed E-state index contributed by atoms with van der Waals surface area (Å²) in [4.78, 5) is 30.9. The lowest BCUT2D eigenvalue weighted by atomic mass is 9.99. The van der Waals surface area contributed by atoms with Crippen LogP contribution in [0.15, 0.2) is 23.3 Å². The van der Waals surface area contributed by atoms with Crippen LogP contribution in [0.5, 0.6) is 0 Å². The standard InChI is InChI=1S/C16H17Cl2N3O2/c1-10-2-4-20(5-3-10)14(22)8-21-9-19-15-12(16(21)23)6-11(17)7-13(15)18/h6-7,9-10H,2-5,8H2,1H3. The third-order valence-corrected chi connectivity index (χ3v) is 4.79. The van der Waals surface area contributed by atoms with Gasteiger partial charge >= 0.3 is 0 Å². The van der Waals surface area contributed by atoms with Gasteiger partial charge in [-0.15, -0.1) is 0 Å². The van der Waals surface area contributed by atoms with Crippen molar-refractivity contribution in [1.29, 1.82) is 0 Å². The SMILES string of the molecule is CC1CCN(C(=O)Cn2cnc3c(Cl)cc(Cl)cc3c2=O)CC1. The van der Waals surface area contributed by atoms with E-state index in [1.165, 1.54) is 17.0 Å². The first kappa shape index (κ1) is 16.3. The number of piperidine rings is 1. The molecule has 0 spiro atoms. The second-order valence-electron chi connectivity index (χ2n) is 6.02. The van der Waals surface area contributed by atoms with Crippen LogP contribution in [0.25, 0.3) is 10.9 Å². The van der Waals surface area contributed by atoms with Crippen molar-refractivity contribution < 1.29 is 4.79 Å². The third-order valence-electron chi connectivity index (χ3n) is 4.29. The van der Waals surface area contributed by atoms with Crippen LogP contribution < -0.4 is 5.56 Å².